The molecule has 0 radical (unpaired) electrons. The van der Waals surface area contributed by atoms with Crippen molar-refractivity contribution >= 4 is 0 Å². The van der Waals surface area contributed by atoms with Crippen LogP contribution < -0.4 is 5.32 Å². The topological polar surface area (TPSA) is 41.5 Å². The molecule has 6 heteroatoms. The molecule has 108 valence electrons. The SMILES string of the molecule is OCCOCCCNC(c1ccccc1)C(F)(F)F. The summed E-state index contributed by atoms with van der Waals surface area (Å²) in [5.41, 5.74) is 0.200. The zero-order chi connectivity index (χ0) is 14.1. The Morgan fingerprint density at radius 2 is 1.84 bits per heavy atom. The molecule has 1 aromatic carbocycles. The molecule has 0 spiro atoms. The molecule has 1 rings (SSSR count). The van der Waals surface area contributed by atoms with E-state index in [0.717, 1.165) is 0 Å². The molecule has 1 unspecified atom stereocenters. The van der Waals surface area contributed by atoms with Gasteiger partial charge in [-0.2, -0.15) is 13.2 Å². The second-order valence-electron chi connectivity index (χ2n) is 4.03. The third-order valence-electron chi connectivity index (χ3n) is 2.51. The molecule has 1 aromatic rings. The van der Waals surface area contributed by atoms with Gasteiger partial charge in [0.05, 0.1) is 13.2 Å². The lowest BCUT2D eigenvalue weighted by Gasteiger charge is -2.22. The summed E-state index contributed by atoms with van der Waals surface area (Å²) in [6.07, 6.45) is -3.87. The largest absolute Gasteiger partial charge is 0.407 e. The van der Waals surface area contributed by atoms with E-state index in [0.29, 0.717) is 13.0 Å². The van der Waals surface area contributed by atoms with Crippen LogP contribution in [0.1, 0.15) is 18.0 Å². The van der Waals surface area contributed by atoms with Gasteiger partial charge in [0, 0.05) is 6.61 Å². The lowest BCUT2D eigenvalue weighted by Crippen LogP contribution is -2.35. The Hall–Kier alpha value is -1.11. The van der Waals surface area contributed by atoms with E-state index in [9.17, 15) is 13.2 Å². The third-order valence-corrected chi connectivity index (χ3v) is 2.51. The predicted molar refractivity (Wildman–Crippen MR) is 65.8 cm³/mol. The number of halogens is 3. The molecule has 1 atom stereocenters. The van der Waals surface area contributed by atoms with Crippen LogP contribution >= 0.6 is 0 Å². The standard InChI is InChI=1S/C13H18F3NO2/c14-13(15,16)12(11-5-2-1-3-6-11)17-7-4-9-19-10-8-18/h1-3,5-6,12,17-18H,4,7-10H2. The van der Waals surface area contributed by atoms with Crippen LogP contribution in [-0.2, 0) is 4.74 Å². The fourth-order valence-electron chi connectivity index (χ4n) is 1.66. The summed E-state index contributed by atoms with van der Waals surface area (Å²) in [4.78, 5) is 0. The maximum atomic E-state index is 12.9. The summed E-state index contributed by atoms with van der Waals surface area (Å²) in [5, 5.41) is 11.0. The second kappa shape index (κ2) is 8.14. The minimum atomic E-state index is -4.33. The summed E-state index contributed by atoms with van der Waals surface area (Å²) in [7, 11) is 0. The van der Waals surface area contributed by atoms with E-state index in [2.05, 4.69) is 5.32 Å². The number of rotatable bonds is 8. The quantitative estimate of drug-likeness (QED) is 0.716. The van der Waals surface area contributed by atoms with Crippen molar-refractivity contribution in [3.05, 3.63) is 35.9 Å². The van der Waals surface area contributed by atoms with Gasteiger partial charge in [0.2, 0.25) is 0 Å². The Bertz CT molecular complexity index is 343. The predicted octanol–water partition coefficient (Wildman–Crippen LogP) is 2.28. The van der Waals surface area contributed by atoms with E-state index in [1.54, 1.807) is 18.2 Å². The van der Waals surface area contributed by atoms with E-state index in [4.69, 9.17) is 9.84 Å². The zero-order valence-corrected chi connectivity index (χ0v) is 10.5. The highest BCUT2D eigenvalue weighted by molar-refractivity contribution is 5.20. The van der Waals surface area contributed by atoms with Crippen LogP contribution in [0, 0.1) is 0 Å². The van der Waals surface area contributed by atoms with Gasteiger partial charge in [0.1, 0.15) is 6.04 Å². The first-order valence-corrected chi connectivity index (χ1v) is 6.09. The van der Waals surface area contributed by atoms with Gasteiger partial charge >= 0.3 is 6.18 Å². The van der Waals surface area contributed by atoms with Gasteiger partial charge in [-0.05, 0) is 18.5 Å². The number of hydrogen-bond acceptors (Lipinski definition) is 3. The Balaban J connectivity index is 2.44. The molecule has 0 aliphatic heterocycles. The lowest BCUT2D eigenvalue weighted by atomic mass is 10.1. The van der Waals surface area contributed by atoms with Crippen molar-refractivity contribution in [2.24, 2.45) is 0 Å². The van der Waals surface area contributed by atoms with Gasteiger partial charge in [-0.25, -0.2) is 0 Å². The second-order valence-corrected chi connectivity index (χ2v) is 4.03. The highest BCUT2D eigenvalue weighted by Gasteiger charge is 2.40. The van der Waals surface area contributed by atoms with Crippen molar-refractivity contribution in [3.8, 4) is 0 Å². The minimum absolute atomic E-state index is 0.0807. The fraction of sp³-hybridized carbons (Fsp3) is 0.538. The molecule has 0 saturated carbocycles. The number of nitrogens with one attached hydrogen (secondary N) is 1. The van der Waals surface area contributed by atoms with Gasteiger partial charge in [-0.15, -0.1) is 0 Å². The Morgan fingerprint density at radius 3 is 2.42 bits per heavy atom. The highest BCUT2D eigenvalue weighted by Crippen LogP contribution is 2.32. The van der Waals surface area contributed by atoms with E-state index < -0.39 is 12.2 Å². The average Bonchev–Trinajstić information content (AvgIpc) is 2.37. The molecule has 0 aromatic heterocycles. The number of aliphatic hydroxyl groups excluding tert-OH is 1. The Labute approximate surface area is 110 Å². The molecule has 0 bridgehead atoms. The summed E-state index contributed by atoms with van der Waals surface area (Å²) < 4.78 is 43.7. The smallest absolute Gasteiger partial charge is 0.394 e. The normalized spacial score (nSPS) is 13.5. The maximum Gasteiger partial charge on any atom is 0.407 e. The number of ether oxygens (including phenoxy) is 1. The number of benzene rings is 1. The van der Waals surface area contributed by atoms with Crippen LogP contribution in [0.2, 0.25) is 0 Å². The number of alkyl halides is 3. The van der Waals surface area contributed by atoms with Gasteiger partial charge in [0.15, 0.2) is 0 Å². The van der Waals surface area contributed by atoms with Gasteiger partial charge in [-0.1, -0.05) is 30.3 Å². The summed E-state index contributed by atoms with van der Waals surface area (Å²) in [5.74, 6) is 0. The van der Waals surface area contributed by atoms with Crippen LogP contribution in [0.25, 0.3) is 0 Å². The van der Waals surface area contributed by atoms with Crippen molar-refractivity contribution < 1.29 is 23.0 Å². The average molecular weight is 277 g/mol. The molecule has 0 fully saturated rings. The first-order chi connectivity index (χ1) is 9.05. The van der Waals surface area contributed by atoms with Gasteiger partial charge in [-0.3, -0.25) is 0 Å². The van der Waals surface area contributed by atoms with Crippen molar-refractivity contribution in [1.82, 2.24) is 5.32 Å². The first kappa shape index (κ1) is 15.9. The van der Waals surface area contributed by atoms with Gasteiger partial charge in [0.25, 0.3) is 0 Å². The van der Waals surface area contributed by atoms with Crippen LogP contribution in [-0.4, -0.2) is 37.6 Å². The Morgan fingerprint density at radius 1 is 1.16 bits per heavy atom. The number of hydrogen-bond donors (Lipinski definition) is 2. The molecule has 0 saturated heterocycles. The molecule has 19 heavy (non-hydrogen) atoms. The highest BCUT2D eigenvalue weighted by atomic mass is 19.4. The van der Waals surface area contributed by atoms with E-state index in [1.165, 1.54) is 12.1 Å². The third kappa shape index (κ3) is 6.04. The molecule has 0 aliphatic rings. The Kier molecular flexibility index (Phi) is 6.83. The summed E-state index contributed by atoms with van der Waals surface area (Å²) in [6, 6.07) is 6.09. The van der Waals surface area contributed by atoms with Gasteiger partial charge < -0.3 is 15.2 Å². The minimum Gasteiger partial charge on any atom is -0.394 e. The van der Waals surface area contributed by atoms with Crippen molar-refractivity contribution in [3.63, 3.8) is 0 Å². The fourth-order valence-corrected chi connectivity index (χ4v) is 1.66. The van der Waals surface area contributed by atoms with Crippen LogP contribution in [0.15, 0.2) is 30.3 Å². The van der Waals surface area contributed by atoms with E-state index in [1.807, 2.05) is 0 Å². The molecule has 3 nitrogen and oxygen atoms in total. The molecular formula is C13H18F3NO2. The van der Waals surface area contributed by atoms with Crippen molar-refractivity contribution in [1.29, 1.82) is 0 Å². The zero-order valence-electron chi connectivity index (χ0n) is 10.5. The number of aliphatic hydroxyl groups is 1. The van der Waals surface area contributed by atoms with Crippen molar-refractivity contribution in [2.45, 2.75) is 18.6 Å². The van der Waals surface area contributed by atoms with Crippen LogP contribution in [0.3, 0.4) is 0 Å². The monoisotopic (exact) mass is 277 g/mol. The molecule has 0 aliphatic carbocycles. The summed E-state index contributed by atoms with van der Waals surface area (Å²) >= 11 is 0. The maximum absolute atomic E-state index is 12.9. The summed E-state index contributed by atoms with van der Waals surface area (Å²) in [6.45, 7) is 0.654. The molecular weight excluding hydrogens is 259 g/mol. The molecule has 2 N–H and O–H groups in total. The van der Waals surface area contributed by atoms with Crippen LogP contribution in [0.4, 0.5) is 13.2 Å². The van der Waals surface area contributed by atoms with E-state index >= 15 is 0 Å². The molecule has 0 heterocycles. The molecule has 0 amide bonds. The van der Waals surface area contributed by atoms with Crippen LogP contribution in [0.5, 0.6) is 0 Å². The van der Waals surface area contributed by atoms with E-state index in [-0.39, 0.29) is 25.3 Å². The van der Waals surface area contributed by atoms with Crippen molar-refractivity contribution in [2.75, 3.05) is 26.4 Å². The lowest BCUT2D eigenvalue weighted by molar-refractivity contribution is -0.157. The first-order valence-electron chi connectivity index (χ1n) is 6.09.